The third kappa shape index (κ3) is 3.04. The second-order valence-corrected chi connectivity index (χ2v) is 7.61. The van der Waals surface area contributed by atoms with Crippen molar-refractivity contribution < 1.29 is 9.18 Å². The number of nitrogens with zero attached hydrogens (tertiary/aromatic N) is 6. The molecule has 5 rings (SSSR count). The molecule has 3 aromatic rings. The quantitative estimate of drug-likeness (QED) is 0.685. The normalized spacial score (nSPS) is 20.9. The number of carbonyl (C=O) groups excluding carboxylic acids is 1. The second-order valence-electron chi connectivity index (χ2n) is 7.61. The molecule has 7 nitrogen and oxygen atoms in total. The van der Waals surface area contributed by atoms with Crippen molar-refractivity contribution in [2.24, 2.45) is 5.92 Å². The summed E-state index contributed by atoms with van der Waals surface area (Å²) in [6, 6.07) is 10.7. The number of pyridine rings is 1. The molecule has 0 bridgehead atoms. The van der Waals surface area contributed by atoms with Gasteiger partial charge in [-0.25, -0.2) is 9.37 Å². The maximum absolute atomic E-state index is 14.7. The van der Waals surface area contributed by atoms with E-state index in [-0.39, 0.29) is 17.5 Å². The zero-order valence-corrected chi connectivity index (χ0v) is 16.1. The molecule has 148 valence electrons. The van der Waals surface area contributed by atoms with Gasteiger partial charge in [0.05, 0.1) is 18.4 Å². The van der Waals surface area contributed by atoms with Crippen LogP contribution >= 0.6 is 0 Å². The molecule has 1 aromatic carbocycles. The standard InChI is InChI=1S/C21H21FN6O/c1-14-4-2-7-19(25-14)27-12-15-8-11-26(13-18(15)27)21(29)20-16(22)5-3-6-17(20)28-23-9-10-24-28/h2-7,9-10,15,18H,8,11-13H2,1H3. The van der Waals surface area contributed by atoms with Gasteiger partial charge in [-0.15, -0.1) is 0 Å². The highest BCUT2D eigenvalue weighted by molar-refractivity contribution is 5.98. The Bertz CT molecular complexity index is 1050. The molecule has 2 aliphatic heterocycles. The largest absolute Gasteiger partial charge is 0.351 e. The minimum Gasteiger partial charge on any atom is -0.351 e. The molecule has 2 aliphatic rings. The SMILES string of the molecule is Cc1cccc(N2CC3CCN(C(=O)c4c(F)cccc4-n4nccn4)CC32)n1. The molecule has 0 spiro atoms. The number of halogens is 1. The minimum atomic E-state index is -0.558. The average molecular weight is 392 g/mol. The van der Waals surface area contributed by atoms with Crippen molar-refractivity contribution in [1.29, 1.82) is 0 Å². The summed E-state index contributed by atoms with van der Waals surface area (Å²) >= 11 is 0. The Hall–Kier alpha value is -3.29. The van der Waals surface area contributed by atoms with Crippen LogP contribution in [-0.2, 0) is 0 Å². The minimum absolute atomic E-state index is 0.0155. The molecule has 0 N–H and O–H groups in total. The lowest BCUT2D eigenvalue weighted by molar-refractivity contribution is 0.0586. The van der Waals surface area contributed by atoms with Crippen molar-refractivity contribution in [1.82, 2.24) is 24.9 Å². The van der Waals surface area contributed by atoms with Gasteiger partial charge in [-0.05, 0) is 37.6 Å². The van der Waals surface area contributed by atoms with Crippen molar-refractivity contribution in [3.8, 4) is 5.69 Å². The molecule has 1 amide bonds. The van der Waals surface area contributed by atoms with Gasteiger partial charge in [-0.3, -0.25) is 4.79 Å². The highest BCUT2D eigenvalue weighted by Gasteiger charge is 2.44. The Labute approximate surface area is 167 Å². The summed E-state index contributed by atoms with van der Waals surface area (Å²) in [6.45, 7) is 4.10. The van der Waals surface area contributed by atoms with Gasteiger partial charge >= 0.3 is 0 Å². The van der Waals surface area contributed by atoms with E-state index in [9.17, 15) is 9.18 Å². The van der Waals surface area contributed by atoms with Crippen LogP contribution in [0.3, 0.4) is 0 Å². The summed E-state index contributed by atoms with van der Waals surface area (Å²) < 4.78 is 14.7. The second kappa shape index (κ2) is 6.95. The third-order valence-electron chi connectivity index (χ3n) is 5.85. The predicted molar refractivity (Wildman–Crippen MR) is 105 cm³/mol. The monoisotopic (exact) mass is 392 g/mol. The Morgan fingerprint density at radius 2 is 1.90 bits per heavy atom. The molecule has 4 heterocycles. The number of benzene rings is 1. The number of carbonyl (C=O) groups is 1. The van der Waals surface area contributed by atoms with E-state index in [2.05, 4.69) is 20.1 Å². The lowest BCUT2D eigenvalue weighted by atomic mass is 9.82. The van der Waals surface area contributed by atoms with Crippen LogP contribution in [0.1, 0.15) is 22.5 Å². The van der Waals surface area contributed by atoms with Gasteiger partial charge in [0.25, 0.3) is 5.91 Å². The Morgan fingerprint density at radius 1 is 1.10 bits per heavy atom. The predicted octanol–water partition coefficient (Wildman–Crippen LogP) is 2.46. The van der Waals surface area contributed by atoms with Crippen LogP contribution in [0.5, 0.6) is 0 Å². The molecule has 0 radical (unpaired) electrons. The first-order chi connectivity index (χ1) is 14.1. The number of hydrogen-bond donors (Lipinski definition) is 0. The molecule has 2 aromatic heterocycles. The fourth-order valence-corrected chi connectivity index (χ4v) is 4.32. The molecule has 8 heteroatoms. The van der Waals surface area contributed by atoms with Crippen LogP contribution in [0.15, 0.2) is 48.8 Å². The zero-order chi connectivity index (χ0) is 20.0. The summed E-state index contributed by atoms with van der Waals surface area (Å²) in [5.41, 5.74) is 1.34. The maximum Gasteiger partial charge on any atom is 0.259 e. The Kier molecular flexibility index (Phi) is 4.26. The maximum atomic E-state index is 14.7. The summed E-state index contributed by atoms with van der Waals surface area (Å²) in [4.78, 5) is 23.2. The summed E-state index contributed by atoms with van der Waals surface area (Å²) in [5.74, 6) is 0.595. The topological polar surface area (TPSA) is 67.2 Å². The first-order valence-corrected chi connectivity index (χ1v) is 9.76. The van der Waals surface area contributed by atoms with Crippen LogP contribution < -0.4 is 4.90 Å². The van der Waals surface area contributed by atoms with Crippen LogP contribution in [-0.4, -0.2) is 56.5 Å². The van der Waals surface area contributed by atoms with E-state index >= 15 is 0 Å². The first kappa shape index (κ1) is 17.8. The van der Waals surface area contributed by atoms with Crippen molar-refractivity contribution in [3.05, 3.63) is 65.9 Å². The Balaban J connectivity index is 1.41. The van der Waals surface area contributed by atoms with Crippen LogP contribution in [0.2, 0.25) is 0 Å². The van der Waals surface area contributed by atoms with Crippen molar-refractivity contribution in [3.63, 3.8) is 0 Å². The van der Waals surface area contributed by atoms with Gasteiger partial charge in [0, 0.05) is 31.2 Å². The molecular weight excluding hydrogens is 371 g/mol. The summed E-state index contributed by atoms with van der Waals surface area (Å²) in [5, 5.41) is 8.13. The summed E-state index contributed by atoms with van der Waals surface area (Å²) in [6.07, 6.45) is 3.92. The molecule has 2 unspecified atom stereocenters. The van der Waals surface area contributed by atoms with Gasteiger partial charge in [0.15, 0.2) is 0 Å². The zero-order valence-electron chi connectivity index (χ0n) is 16.1. The average Bonchev–Trinajstić information content (AvgIpc) is 3.23. The van der Waals surface area contributed by atoms with Crippen LogP contribution in [0, 0.1) is 18.7 Å². The number of likely N-dealkylation sites (tertiary alicyclic amines) is 1. The number of amides is 1. The lowest BCUT2D eigenvalue weighted by Gasteiger charge is -2.54. The van der Waals surface area contributed by atoms with Crippen molar-refractivity contribution in [2.45, 2.75) is 19.4 Å². The van der Waals surface area contributed by atoms with E-state index in [0.29, 0.717) is 24.7 Å². The van der Waals surface area contributed by atoms with E-state index in [4.69, 9.17) is 0 Å². The van der Waals surface area contributed by atoms with Gasteiger partial charge in [-0.1, -0.05) is 12.1 Å². The summed E-state index contributed by atoms with van der Waals surface area (Å²) in [7, 11) is 0. The van der Waals surface area contributed by atoms with Crippen molar-refractivity contribution in [2.75, 3.05) is 24.5 Å². The highest BCUT2D eigenvalue weighted by Crippen LogP contribution is 2.36. The number of aromatic nitrogens is 4. The molecule has 29 heavy (non-hydrogen) atoms. The Morgan fingerprint density at radius 3 is 2.69 bits per heavy atom. The van der Waals surface area contributed by atoms with E-state index in [1.54, 1.807) is 17.0 Å². The number of hydrogen-bond acceptors (Lipinski definition) is 5. The fraction of sp³-hybridized carbons (Fsp3) is 0.333. The first-order valence-electron chi connectivity index (χ1n) is 9.76. The van der Waals surface area contributed by atoms with Gasteiger partial charge < -0.3 is 9.80 Å². The number of aryl methyl sites for hydroxylation is 1. The smallest absolute Gasteiger partial charge is 0.259 e. The van der Waals surface area contributed by atoms with E-state index in [1.165, 1.54) is 23.3 Å². The third-order valence-corrected chi connectivity index (χ3v) is 5.85. The van der Waals surface area contributed by atoms with E-state index in [1.807, 2.05) is 25.1 Å². The van der Waals surface area contributed by atoms with Crippen LogP contribution in [0.25, 0.3) is 5.69 Å². The van der Waals surface area contributed by atoms with Gasteiger partial charge in [0.2, 0.25) is 0 Å². The lowest BCUT2D eigenvalue weighted by Crippen LogP contribution is -2.65. The number of anilines is 1. The van der Waals surface area contributed by atoms with Gasteiger partial charge in [-0.2, -0.15) is 15.0 Å². The van der Waals surface area contributed by atoms with Crippen LogP contribution in [0.4, 0.5) is 10.2 Å². The molecule has 2 fully saturated rings. The van der Waals surface area contributed by atoms with E-state index in [0.717, 1.165) is 24.5 Å². The molecular formula is C21H21FN6O. The number of fused-ring (bicyclic) bond motifs is 1. The number of rotatable bonds is 3. The number of piperidine rings is 1. The van der Waals surface area contributed by atoms with E-state index < -0.39 is 5.82 Å². The van der Waals surface area contributed by atoms with Crippen molar-refractivity contribution >= 4 is 11.7 Å². The van der Waals surface area contributed by atoms with Gasteiger partial charge in [0.1, 0.15) is 22.9 Å². The molecule has 2 atom stereocenters. The highest BCUT2D eigenvalue weighted by atomic mass is 19.1. The molecule has 0 saturated carbocycles. The molecule has 2 saturated heterocycles. The fourth-order valence-electron chi connectivity index (χ4n) is 4.32. The molecule has 0 aliphatic carbocycles.